The second kappa shape index (κ2) is 5.05. The van der Waals surface area contributed by atoms with Gasteiger partial charge in [0.2, 0.25) is 0 Å². The molecule has 3 N–H and O–H groups in total. The van der Waals surface area contributed by atoms with Crippen molar-refractivity contribution in [1.82, 2.24) is 0 Å². The molecule has 0 bridgehead atoms. The van der Waals surface area contributed by atoms with Gasteiger partial charge in [0.25, 0.3) is 0 Å². The molecule has 2 nitrogen and oxygen atoms in total. The first-order valence-corrected chi connectivity index (χ1v) is 6.29. The Hall–Kier alpha value is -0.0900. The summed E-state index contributed by atoms with van der Waals surface area (Å²) in [5.41, 5.74) is 6.62. The highest BCUT2D eigenvalue weighted by Crippen LogP contribution is 2.33. The highest BCUT2D eigenvalue weighted by atomic mass is 79.9. The van der Waals surface area contributed by atoms with E-state index in [-0.39, 0.29) is 5.41 Å². The topological polar surface area (TPSA) is 46.2 Å². The van der Waals surface area contributed by atoms with Crippen molar-refractivity contribution in [3.05, 3.63) is 33.3 Å². The molecule has 0 fully saturated rings. The molecule has 0 unspecified atom stereocenters. The van der Waals surface area contributed by atoms with Crippen LogP contribution in [0.5, 0.6) is 0 Å². The van der Waals surface area contributed by atoms with Crippen LogP contribution in [0, 0.1) is 5.41 Å². The Labute approximate surface area is 110 Å². The van der Waals surface area contributed by atoms with E-state index in [0.717, 1.165) is 10.0 Å². The lowest BCUT2D eigenvalue weighted by atomic mass is 9.82. The van der Waals surface area contributed by atoms with Crippen LogP contribution in [-0.2, 0) is 0 Å². The molecule has 4 heteroatoms. The van der Waals surface area contributed by atoms with E-state index in [1.54, 1.807) is 12.1 Å². The van der Waals surface area contributed by atoms with Crippen LogP contribution in [0.15, 0.2) is 22.7 Å². The predicted octanol–water partition coefficient (Wildman–Crippen LogP) is 3.51. The van der Waals surface area contributed by atoms with Gasteiger partial charge >= 0.3 is 0 Å². The van der Waals surface area contributed by atoms with E-state index in [9.17, 15) is 5.11 Å². The molecule has 0 heterocycles. The summed E-state index contributed by atoms with van der Waals surface area (Å²) in [6.45, 7) is 5.86. The average Bonchev–Trinajstić information content (AvgIpc) is 2.18. The molecule has 2 atom stereocenters. The van der Waals surface area contributed by atoms with Crippen LogP contribution in [-0.4, -0.2) is 11.2 Å². The summed E-state index contributed by atoms with van der Waals surface area (Å²) in [6, 6.07) is 4.96. The molecule has 0 aliphatic heterocycles. The van der Waals surface area contributed by atoms with Crippen LogP contribution < -0.4 is 5.73 Å². The highest BCUT2D eigenvalue weighted by Gasteiger charge is 2.30. The van der Waals surface area contributed by atoms with Crippen molar-refractivity contribution in [3.63, 3.8) is 0 Å². The zero-order chi connectivity index (χ0) is 12.5. The van der Waals surface area contributed by atoms with Gasteiger partial charge in [-0.25, -0.2) is 0 Å². The lowest BCUT2D eigenvalue weighted by Crippen LogP contribution is -2.37. The molecule has 90 valence electrons. The van der Waals surface area contributed by atoms with Crippen molar-refractivity contribution in [2.75, 3.05) is 0 Å². The lowest BCUT2D eigenvalue weighted by Gasteiger charge is -2.31. The maximum Gasteiger partial charge on any atom is 0.0781 e. The molecule has 1 aromatic rings. The minimum Gasteiger partial charge on any atom is -0.391 e. The summed E-state index contributed by atoms with van der Waals surface area (Å²) in [7, 11) is 0. The number of halogens is 2. The van der Waals surface area contributed by atoms with E-state index >= 15 is 0 Å². The Morgan fingerprint density at radius 3 is 2.44 bits per heavy atom. The number of rotatable bonds is 2. The van der Waals surface area contributed by atoms with Crippen LogP contribution >= 0.6 is 27.5 Å². The van der Waals surface area contributed by atoms with Crippen molar-refractivity contribution in [1.29, 1.82) is 0 Å². The number of hydrogen-bond donors (Lipinski definition) is 2. The van der Waals surface area contributed by atoms with Crippen molar-refractivity contribution < 1.29 is 5.11 Å². The van der Waals surface area contributed by atoms with Crippen LogP contribution in [0.3, 0.4) is 0 Å². The number of hydrogen-bond acceptors (Lipinski definition) is 2. The Morgan fingerprint density at radius 2 is 1.94 bits per heavy atom. The molecule has 0 spiro atoms. The van der Waals surface area contributed by atoms with Gasteiger partial charge in [0.1, 0.15) is 0 Å². The van der Waals surface area contributed by atoms with Crippen LogP contribution in [0.1, 0.15) is 32.4 Å². The summed E-state index contributed by atoms with van der Waals surface area (Å²) in [5, 5.41) is 10.8. The summed E-state index contributed by atoms with van der Waals surface area (Å²) in [5.74, 6) is 0. The van der Waals surface area contributed by atoms with Gasteiger partial charge in [-0.3, -0.25) is 0 Å². The molecule has 0 radical (unpaired) electrons. The smallest absolute Gasteiger partial charge is 0.0781 e. The van der Waals surface area contributed by atoms with Crippen molar-refractivity contribution in [2.24, 2.45) is 11.1 Å². The zero-order valence-corrected chi connectivity index (χ0v) is 12.0. The lowest BCUT2D eigenvalue weighted by molar-refractivity contribution is 0.0399. The monoisotopic (exact) mass is 305 g/mol. The van der Waals surface area contributed by atoms with E-state index in [1.807, 2.05) is 26.8 Å². The quantitative estimate of drug-likeness (QED) is 0.878. The van der Waals surface area contributed by atoms with E-state index < -0.39 is 12.1 Å². The van der Waals surface area contributed by atoms with Crippen LogP contribution in [0.25, 0.3) is 0 Å². The summed E-state index contributed by atoms with van der Waals surface area (Å²) >= 11 is 9.34. The Morgan fingerprint density at radius 1 is 1.38 bits per heavy atom. The normalized spacial score (nSPS) is 15.9. The Bertz CT molecular complexity index is 376. The largest absolute Gasteiger partial charge is 0.391 e. The molecule has 1 rings (SSSR count). The van der Waals surface area contributed by atoms with Gasteiger partial charge in [-0.2, -0.15) is 0 Å². The molecule has 1 aromatic carbocycles. The first-order valence-electron chi connectivity index (χ1n) is 5.12. The molecule has 0 aromatic heterocycles. The standard InChI is InChI=1S/C12H17BrClNO/c1-12(2,3)11(16)10(15)8-6-7(14)4-5-9(8)13/h4-6,10-11,16H,15H2,1-3H3/t10-,11-/m1/s1. The molecular formula is C12H17BrClNO. The maximum absolute atomic E-state index is 10.1. The third-order valence-electron chi connectivity index (χ3n) is 2.54. The average molecular weight is 307 g/mol. The van der Waals surface area contributed by atoms with Crippen LogP contribution in [0.4, 0.5) is 0 Å². The first kappa shape index (κ1) is 14.0. The second-order valence-electron chi connectivity index (χ2n) is 5.00. The van der Waals surface area contributed by atoms with Gasteiger partial charge in [-0.1, -0.05) is 48.3 Å². The Kier molecular flexibility index (Phi) is 4.41. The third kappa shape index (κ3) is 3.20. The molecule has 16 heavy (non-hydrogen) atoms. The third-order valence-corrected chi connectivity index (χ3v) is 3.50. The van der Waals surface area contributed by atoms with Gasteiger partial charge in [0, 0.05) is 9.50 Å². The highest BCUT2D eigenvalue weighted by molar-refractivity contribution is 9.10. The molecule has 0 aliphatic carbocycles. The molecule has 0 aliphatic rings. The molecular weight excluding hydrogens is 289 g/mol. The van der Waals surface area contributed by atoms with E-state index in [2.05, 4.69) is 15.9 Å². The zero-order valence-electron chi connectivity index (χ0n) is 9.67. The van der Waals surface area contributed by atoms with Gasteiger partial charge in [-0.05, 0) is 29.2 Å². The van der Waals surface area contributed by atoms with Gasteiger partial charge in [0.15, 0.2) is 0 Å². The maximum atomic E-state index is 10.1. The van der Waals surface area contributed by atoms with E-state index in [0.29, 0.717) is 5.02 Å². The van der Waals surface area contributed by atoms with Gasteiger partial charge in [0.05, 0.1) is 12.1 Å². The van der Waals surface area contributed by atoms with E-state index in [1.165, 1.54) is 0 Å². The molecule has 0 amide bonds. The minimum absolute atomic E-state index is 0.263. The first-order chi connectivity index (χ1) is 7.23. The predicted molar refractivity (Wildman–Crippen MR) is 71.5 cm³/mol. The Balaban J connectivity index is 3.05. The fraction of sp³-hybridized carbons (Fsp3) is 0.500. The minimum atomic E-state index is -0.623. The summed E-state index contributed by atoms with van der Waals surface area (Å²) < 4.78 is 0.868. The number of aliphatic hydroxyl groups is 1. The number of aliphatic hydroxyl groups excluding tert-OH is 1. The fourth-order valence-corrected chi connectivity index (χ4v) is 2.17. The molecule has 0 saturated heterocycles. The number of benzene rings is 1. The SMILES string of the molecule is CC(C)(C)[C@H](O)[C@H](N)c1cc(Cl)ccc1Br. The van der Waals surface area contributed by atoms with Gasteiger partial charge < -0.3 is 10.8 Å². The van der Waals surface area contributed by atoms with Crippen molar-refractivity contribution >= 4 is 27.5 Å². The van der Waals surface area contributed by atoms with Crippen molar-refractivity contribution in [3.8, 4) is 0 Å². The van der Waals surface area contributed by atoms with Crippen molar-refractivity contribution in [2.45, 2.75) is 32.9 Å². The summed E-state index contributed by atoms with van der Waals surface area (Å²) in [6.07, 6.45) is -0.623. The van der Waals surface area contributed by atoms with E-state index in [4.69, 9.17) is 17.3 Å². The number of nitrogens with two attached hydrogens (primary N) is 1. The molecule has 0 saturated carbocycles. The fourth-order valence-electron chi connectivity index (χ4n) is 1.48. The second-order valence-corrected chi connectivity index (χ2v) is 6.29. The van der Waals surface area contributed by atoms with Gasteiger partial charge in [-0.15, -0.1) is 0 Å². The van der Waals surface area contributed by atoms with Crippen LogP contribution in [0.2, 0.25) is 5.02 Å². The summed E-state index contributed by atoms with van der Waals surface area (Å²) in [4.78, 5) is 0.